The first-order valence-electron chi connectivity index (χ1n) is 5.68. The van der Waals surface area contributed by atoms with E-state index in [4.69, 9.17) is 0 Å². The van der Waals surface area contributed by atoms with Crippen LogP contribution in [0, 0.1) is 0 Å². The average molecular weight is 332 g/mol. The Hall–Kier alpha value is -1.86. The summed E-state index contributed by atoms with van der Waals surface area (Å²) >= 11 is 1.29. The summed E-state index contributed by atoms with van der Waals surface area (Å²) in [5.74, 6) is 0. The number of anilines is 2. The van der Waals surface area contributed by atoms with E-state index >= 15 is 0 Å². The molecule has 21 heavy (non-hydrogen) atoms. The van der Waals surface area contributed by atoms with Crippen molar-refractivity contribution >= 4 is 44.9 Å². The molecule has 0 aliphatic heterocycles. The lowest BCUT2D eigenvalue weighted by atomic mass is 10.2. The van der Waals surface area contributed by atoms with Crippen LogP contribution in [-0.2, 0) is 6.18 Å². The van der Waals surface area contributed by atoms with Gasteiger partial charge in [-0.2, -0.15) is 13.2 Å². The topological polar surface area (TPSA) is 37.8 Å². The van der Waals surface area contributed by atoms with Crippen molar-refractivity contribution < 1.29 is 13.2 Å². The Bertz CT molecular complexity index is 725. The van der Waals surface area contributed by atoms with Crippen LogP contribution in [0.3, 0.4) is 0 Å². The second kappa shape index (κ2) is 5.87. The number of hydrogen-bond donors (Lipinski definition) is 1. The summed E-state index contributed by atoms with van der Waals surface area (Å²) in [7, 11) is 0. The van der Waals surface area contributed by atoms with E-state index in [0.717, 1.165) is 17.0 Å². The van der Waals surface area contributed by atoms with E-state index in [9.17, 15) is 13.2 Å². The Morgan fingerprint density at radius 3 is 2.62 bits per heavy atom. The van der Waals surface area contributed by atoms with Crippen molar-refractivity contribution in [2.45, 2.75) is 6.18 Å². The molecule has 1 N–H and O–H groups in total. The van der Waals surface area contributed by atoms with Crippen LogP contribution >= 0.6 is 23.7 Å². The Balaban J connectivity index is 0.00000161. The second-order valence-electron chi connectivity index (χ2n) is 4.05. The largest absolute Gasteiger partial charge is 0.416 e. The molecule has 0 aliphatic carbocycles. The highest BCUT2D eigenvalue weighted by molar-refractivity contribution is 7.21. The van der Waals surface area contributed by atoms with Crippen molar-refractivity contribution in [2.24, 2.45) is 0 Å². The van der Waals surface area contributed by atoms with E-state index in [1.807, 2.05) is 0 Å². The van der Waals surface area contributed by atoms with E-state index < -0.39 is 11.7 Å². The maximum Gasteiger partial charge on any atom is 0.416 e. The zero-order chi connectivity index (χ0) is 14.2. The molecule has 0 saturated heterocycles. The van der Waals surface area contributed by atoms with Crippen LogP contribution in [0.15, 0.2) is 42.6 Å². The van der Waals surface area contributed by atoms with Crippen molar-refractivity contribution in [3.8, 4) is 0 Å². The Kier molecular flexibility index (Phi) is 4.34. The molecule has 0 spiro atoms. The predicted molar refractivity (Wildman–Crippen MR) is 79.4 cm³/mol. The fourth-order valence-electron chi connectivity index (χ4n) is 1.72. The minimum absolute atomic E-state index is 0. The van der Waals surface area contributed by atoms with Crippen LogP contribution in [0.25, 0.3) is 10.3 Å². The van der Waals surface area contributed by atoms with Crippen molar-refractivity contribution in [3.63, 3.8) is 0 Å². The zero-order valence-corrected chi connectivity index (χ0v) is 12.0. The lowest BCUT2D eigenvalue weighted by Crippen LogP contribution is -2.05. The summed E-state index contributed by atoms with van der Waals surface area (Å²) in [6.45, 7) is 0. The normalized spacial score (nSPS) is 11.2. The van der Waals surface area contributed by atoms with Gasteiger partial charge in [0.15, 0.2) is 5.13 Å². The SMILES string of the molecule is Cl.FC(F)(F)c1cccc(Nc2nc3cccnc3s2)c1. The summed E-state index contributed by atoms with van der Waals surface area (Å²) in [5.41, 5.74) is 0.368. The van der Waals surface area contributed by atoms with E-state index in [-0.39, 0.29) is 12.4 Å². The number of thiazole rings is 1. The fraction of sp³-hybridized carbons (Fsp3) is 0.0769. The van der Waals surface area contributed by atoms with Crippen LogP contribution in [0.2, 0.25) is 0 Å². The van der Waals surface area contributed by atoms with E-state index in [0.29, 0.717) is 16.3 Å². The number of benzene rings is 1. The number of nitrogens with zero attached hydrogens (tertiary/aromatic N) is 2. The molecule has 1 aromatic carbocycles. The van der Waals surface area contributed by atoms with Crippen LogP contribution in [0.4, 0.5) is 24.0 Å². The molecular formula is C13H9ClF3N3S. The Morgan fingerprint density at radius 2 is 1.90 bits per heavy atom. The standard InChI is InChI=1S/C13H8F3N3S.ClH/c14-13(15,16)8-3-1-4-9(7-8)18-12-19-10-5-2-6-17-11(10)20-12;/h1-7H,(H,18,19);1H. The summed E-state index contributed by atoms with van der Waals surface area (Å²) in [5, 5.41) is 3.39. The van der Waals surface area contributed by atoms with Crippen molar-refractivity contribution in [1.82, 2.24) is 9.97 Å². The van der Waals surface area contributed by atoms with Gasteiger partial charge < -0.3 is 5.32 Å². The van der Waals surface area contributed by atoms with E-state index in [1.165, 1.54) is 17.4 Å². The molecule has 0 amide bonds. The third kappa shape index (κ3) is 3.43. The number of alkyl halides is 3. The molecule has 2 aromatic heterocycles. The maximum absolute atomic E-state index is 12.6. The third-order valence-corrected chi connectivity index (χ3v) is 3.50. The highest BCUT2D eigenvalue weighted by atomic mass is 35.5. The summed E-state index contributed by atoms with van der Waals surface area (Å²) < 4.78 is 37.9. The smallest absolute Gasteiger partial charge is 0.331 e. The molecule has 3 nitrogen and oxygen atoms in total. The Morgan fingerprint density at radius 1 is 1.10 bits per heavy atom. The molecule has 0 saturated carbocycles. The van der Waals surface area contributed by atoms with Gasteiger partial charge in [0.2, 0.25) is 0 Å². The monoisotopic (exact) mass is 331 g/mol. The van der Waals surface area contributed by atoms with Crippen LogP contribution < -0.4 is 5.32 Å². The van der Waals surface area contributed by atoms with Gasteiger partial charge >= 0.3 is 6.18 Å². The molecule has 0 bridgehead atoms. The van der Waals surface area contributed by atoms with Crippen LogP contribution in [0.1, 0.15) is 5.56 Å². The zero-order valence-electron chi connectivity index (χ0n) is 10.4. The van der Waals surface area contributed by atoms with Gasteiger partial charge in [0.1, 0.15) is 10.3 Å². The molecule has 3 aromatic rings. The number of rotatable bonds is 2. The first-order chi connectivity index (χ1) is 9.52. The minimum atomic E-state index is -4.35. The molecule has 110 valence electrons. The van der Waals surface area contributed by atoms with E-state index in [2.05, 4.69) is 15.3 Å². The van der Waals surface area contributed by atoms with Gasteiger partial charge in [0, 0.05) is 11.9 Å². The summed E-state index contributed by atoms with van der Waals surface area (Å²) in [6.07, 6.45) is -2.71. The molecule has 0 fully saturated rings. The molecule has 3 rings (SSSR count). The summed E-state index contributed by atoms with van der Waals surface area (Å²) in [6, 6.07) is 8.57. The molecule has 0 unspecified atom stereocenters. The minimum Gasteiger partial charge on any atom is -0.331 e. The molecule has 0 aliphatic rings. The fourth-order valence-corrected chi connectivity index (χ4v) is 2.55. The summed E-state index contributed by atoms with van der Waals surface area (Å²) in [4.78, 5) is 9.14. The highest BCUT2D eigenvalue weighted by Crippen LogP contribution is 2.32. The number of aromatic nitrogens is 2. The maximum atomic E-state index is 12.6. The molecular weight excluding hydrogens is 323 g/mol. The number of pyridine rings is 1. The molecule has 0 atom stereocenters. The number of hydrogen-bond acceptors (Lipinski definition) is 4. The van der Waals surface area contributed by atoms with Gasteiger partial charge in [0.25, 0.3) is 0 Å². The lowest BCUT2D eigenvalue weighted by molar-refractivity contribution is -0.137. The number of nitrogens with one attached hydrogen (secondary N) is 1. The Labute approximate surface area is 128 Å². The van der Waals surface area contributed by atoms with Crippen LogP contribution in [0.5, 0.6) is 0 Å². The molecule has 8 heteroatoms. The van der Waals surface area contributed by atoms with E-state index in [1.54, 1.807) is 24.4 Å². The van der Waals surface area contributed by atoms with Crippen molar-refractivity contribution in [2.75, 3.05) is 5.32 Å². The lowest BCUT2D eigenvalue weighted by Gasteiger charge is -2.08. The first-order valence-corrected chi connectivity index (χ1v) is 6.50. The average Bonchev–Trinajstić information content (AvgIpc) is 2.80. The highest BCUT2D eigenvalue weighted by Gasteiger charge is 2.30. The quantitative estimate of drug-likeness (QED) is 0.727. The van der Waals surface area contributed by atoms with Gasteiger partial charge in [-0.15, -0.1) is 12.4 Å². The predicted octanol–water partition coefficient (Wildman–Crippen LogP) is 4.88. The first kappa shape index (κ1) is 15.5. The van der Waals surface area contributed by atoms with Gasteiger partial charge in [0.05, 0.1) is 5.56 Å². The van der Waals surface area contributed by atoms with Crippen molar-refractivity contribution in [3.05, 3.63) is 48.2 Å². The van der Waals surface area contributed by atoms with Gasteiger partial charge in [-0.25, -0.2) is 9.97 Å². The second-order valence-corrected chi connectivity index (χ2v) is 5.03. The van der Waals surface area contributed by atoms with Gasteiger partial charge in [-0.1, -0.05) is 17.4 Å². The van der Waals surface area contributed by atoms with Crippen LogP contribution in [-0.4, -0.2) is 9.97 Å². The molecule has 0 radical (unpaired) electrons. The molecule has 2 heterocycles. The van der Waals surface area contributed by atoms with Crippen molar-refractivity contribution in [1.29, 1.82) is 0 Å². The van der Waals surface area contributed by atoms with Gasteiger partial charge in [-0.3, -0.25) is 0 Å². The van der Waals surface area contributed by atoms with Gasteiger partial charge in [-0.05, 0) is 30.3 Å². The number of halogens is 4. The number of fused-ring (bicyclic) bond motifs is 1. The third-order valence-electron chi connectivity index (χ3n) is 2.61.